The fraction of sp³-hybridized carbons (Fsp3) is 0.500. The highest BCUT2D eigenvalue weighted by atomic mass is 32.2. The van der Waals surface area contributed by atoms with Crippen molar-refractivity contribution in [2.24, 2.45) is 5.92 Å². The van der Waals surface area contributed by atoms with Crippen molar-refractivity contribution >= 4 is 26.8 Å². The first-order valence-electron chi connectivity index (χ1n) is 10.8. The van der Waals surface area contributed by atoms with E-state index in [4.69, 9.17) is 9.40 Å². The van der Waals surface area contributed by atoms with Crippen LogP contribution in [0.1, 0.15) is 48.3 Å². The number of nitrogens with zero attached hydrogens (tertiary/aromatic N) is 4. The molecule has 0 N–H and O–H groups in total. The smallest absolute Gasteiger partial charge is 0.254 e. The van der Waals surface area contributed by atoms with Crippen LogP contribution in [0.2, 0.25) is 0 Å². The standard InChI is InChI=1S/C22H26N4O4S/c1-14-5-3-8-25(12-14)22(27)17-11-18(19-6-4-9-30-19)23-21-20(17)15(2)24-26(21)16-7-10-31(28,29)13-16/h4,6,9,11,14,16H,3,5,7-8,10,12-13H2,1-2H3. The van der Waals surface area contributed by atoms with Gasteiger partial charge in [0.15, 0.2) is 21.2 Å². The van der Waals surface area contributed by atoms with Crippen molar-refractivity contribution < 1.29 is 17.6 Å². The summed E-state index contributed by atoms with van der Waals surface area (Å²) in [5.41, 5.74) is 2.33. The fourth-order valence-electron chi connectivity index (χ4n) is 4.80. The first kappa shape index (κ1) is 20.2. The van der Waals surface area contributed by atoms with E-state index in [1.807, 2.05) is 11.8 Å². The number of amides is 1. The maximum atomic E-state index is 13.6. The van der Waals surface area contributed by atoms with Gasteiger partial charge in [-0.2, -0.15) is 5.10 Å². The molecular weight excluding hydrogens is 416 g/mol. The molecule has 3 aromatic rings. The van der Waals surface area contributed by atoms with Gasteiger partial charge in [0, 0.05) is 13.1 Å². The van der Waals surface area contributed by atoms with Gasteiger partial charge in [-0.1, -0.05) is 6.92 Å². The molecule has 5 rings (SSSR count). The van der Waals surface area contributed by atoms with E-state index < -0.39 is 9.84 Å². The summed E-state index contributed by atoms with van der Waals surface area (Å²) in [6.07, 6.45) is 4.18. The molecule has 9 heteroatoms. The molecule has 0 saturated carbocycles. The third-order valence-electron chi connectivity index (χ3n) is 6.34. The van der Waals surface area contributed by atoms with Gasteiger partial charge in [-0.3, -0.25) is 4.79 Å². The van der Waals surface area contributed by atoms with E-state index in [0.717, 1.165) is 25.9 Å². The molecule has 3 aromatic heterocycles. The minimum Gasteiger partial charge on any atom is -0.463 e. The van der Waals surface area contributed by atoms with Crippen LogP contribution >= 0.6 is 0 Å². The Bertz CT molecular complexity index is 1250. The van der Waals surface area contributed by atoms with Crippen molar-refractivity contribution in [3.8, 4) is 11.5 Å². The van der Waals surface area contributed by atoms with Crippen molar-refractivity contribution in [2.75, 3.05) is 24.6 Å². The summed E-state index contributed by atoms with van der Waals surface area (Å²) in [7, 11) is -3.09. The summed E-state index contributed by atoms with van der Waals surface area (Å²) in [5, 5.41) is 5.35. The van der Waals surface area contributed by atoms with Crippen LogP contribution in [-0.2, 0) is 9.84 Å². The summed E-state index contributed by atoms with van der Waals surface area (Å²) in [5.74, 6) is 1.18. The van der Waals surface area contributed by atoms with Gasteiger partial charge in [-0.25, -0.2) is 18.1 Å². The van der Waals surface area contributed by atoms with Gasteiger partial charge >= 0.3 is 0 Å². The zero-order valence-electron chi connectivity index (χ0n) is 17.7. The Morgan fingerprint density at radius 3 is 2.81 bits per heavy atom. The predicted octanol–water partition coefficient (Wildman–Crippen LogP) is 3.23. The van der Waals surface area contributed by atoms with Crippen LogP contribution in [0.3, 0.4) is 0 Å². The van der Waals surface area contributed by atoms with E-state index in [1.54, 1.807) is 29.1 Å². The molecule has 2 fully saturated rings. The highest BCUT2D eigenvalue weighted by Gasteiger charge is 2.33. The molecule has 164 valence electrons. The second-order valence-corrected chi connectivity index (χ2v) is 11.0. The van der Waals surface area contributed by atoms with Crippen molar-refractivity contribution in [2.45, 2.75) is 39.2 Å². The summed E-state index contributed by atoms with van der Waals surface area (Å²) in [6.45, 7) is 5.48. The largest absolute Gasteiger partial charge is 0.463 e. The zero-order valence-corrected chi connectivity index (χ0v) is 18.6. The maximum Gasteiger partial charge on any atom is 0.254 e. The first-order chi connectivity index (χ1) is 14.8. The number of aryl methyl sites for hydroxylation is 1. The van der Waals surface area contributed by atoms with E-state index in [-0.39, 0.29) is 23.5 Å². The number of likely N-dealkylation sites (tertiary alicyclic amines) is 1. The van der Waals surface area contributed by atoms with Crippen molar-refractivity contribution in [1.82, 2.24) is 19.7 Å². The minimum atomic E-state index is -3.09. The average Bonchev–Trinajstić information content (AvgIpc) is 3.46. The lowest BCUT2D eigenvalue weighted by molar-refractivity contribution is 0.0685. The molecule has 0 spiro atoms. The van der Waals surface area contributed by atoms with Gasteiger partial charge in [-0.05, 0) is 50.3 Å². The van der Waals surface area contributed by atoms with Crippen molar-refractivity contribution in [3.63, 3.8) is 0 Å². The number of fused-ring (bicyclic) bond motifs is 1. The number of rotatable bonds is 3. The summed E-state index contributed by atoms with van der Waals surface area (Å²) < 4.78 is 31.4. The molecule has 2 saturated heterocycles. The highest BCUT2D eigenvalue weighted by molar-refractivity contribution is 7.91. The molecule has 0 aliphatic carbocycles. The molecule has 0 bridgehead atoms. The van der Waals surface area contributed by atoms with E-state index >= 15 is 0 Å². The molecule has 2 aliphatic heterocycles. The van der Waals surface area contributed by atoms with Crippen LogP contribution in [0.25, 0.3) is 22.5 Å². The SMILES string of the molecule is Cc1nn(C2CCS(=O)(=O)C2)c2nc(-c3ccco3)cc(C(=O)N3CCCC(C)C3)c12. The lowest BCUT2D eigenvalue weighted by Crippen LogP contribution is -2.39. The Labute approximate surface area is 181 Å². The lowest BCUT2D eigenvalue weighted by Gasteiger charge is -2.31. The first-order valence-corrected chi connectivity index (χ1v) is 12.6. The topological polar surface area (TPSA) is 98.3 Å². The van der Waals surface area contributed by atoms with Crippen LogP contribution in [0, 0.1) is 12.8 Å². The predicted molar refractivity (Wildman–Crippen MR) is 117 cm³/mol. The van der Waals surface area contributed by atoms with Gasteiger partial charge in [-0.15, -0.1) is 0 Å². The molecule has 0 aromatic carbocycles. The number of pyridine rings is 1. The number of furan rings is 1. The number of hydrogen-bond donors (Lipinski definition) is 0. The highest BCUT2D eigenvalue weighted by Crippen LogP contribution is 2.33. The molecule has 0 radical (unpaired) electrons. The van der Waals surface area contributed by atoms with Crippen LogP contribution in [-0.4, -0.2) is 58.6 Å². The van der Waals surface area contributed by atoms with Crippen LogP contribution < -0.4 is 0 Å². The number of carbonyl (C=O) groups excluding carboxylic acids is 1. The zero-order chi connectivity index (χ0) is 21.8. The van der Waals surface area contributed by atoms with Gasteiger partial charge < -0.3 is 9.32 Å². The number of hydrogen-bond acceptors (Lipinski definition) is 6. The van der Waals surface area contributed by atoms with E-state index in [2.05, 4.69) is 12.0 Å². The van der Waals surface area contributed by atoms with Crippen LogP contribution in [0.4, 0.5) is 0 Å². The van der Waals surface area contributed by atoms with E-state index in [0.29, 0.717) is 46.1 Å². The van der Waals surface area contributed by atoms with Crippen molar-refractivity contribution in [1.29, 1.82) is 0 Å². The second-order valence-electron chi connectivity index (χ2n) is 8.82. The van der Waals surface area contributed by atoms with Gasteiger partial charge in [0.2, 0.25) is 0 Å². The third kappa shape index (κ3) is 3.64. The van der Waals surface area contributed by atoms with E-state index in [1.165, 1.54) is 0 Å². The second kappa shape index (κ2) is 7.47. The van der Waals surface area contributed by atoms with Gasteiger partial charge in [0.05, 0.1) is 40.5 Å². The van der Waals surface area contributed by atoms with Crippen molar-refractivity contribution in [3.05, 3.63) is 35.7 Å². The Morgan fingerprint density at radius 2 is 2.13 bits per heavy atom. The summed E-state index contributed by atoms with van der Waals surface area (Å²) in [6, 6.07) is 5.09. The normalized spacial score (nSPS) is 23.5. The molecule has 8 nitrogen and oxygen atoms in total. The van der Waals surface area contributed by atoms with Crippen LogP contribution in [0.5, 0.6) is 0 Å². The van der Waals surface area contributed by atoms with E-state index in [9.17, 15) is 13.2 Å². The lowest BCUT2D eigenvalue weighted by atomic mass is 9.98. The molecule has 2 aliphatic rings. The molecule has 2 unspecified atom stereocenters. The number of sulfone groups is 1. The third-order valence-corrected chi connectivity index (χ3v) is 8.09. The molecule has 1 amide bonds. The monoisotopic (exact) mass is 442 g/mol. The minimum absolute atomic E-state index is 0.0338. The summed E-state index contributed by atoms with van der Waals surface area (Å²) in [4.78, 5) is 20.3. The molecule has 5 heterocycles. The Hall–Kier alpha value is -2.68. The maximum absolute atomic E-state index is 13.6. The number of piperidine rings is 1. The average molecular weight is 443 g/mol. The van der Waals surface area contributed by atoms with Crippen LogP contribution in [0.15, 0.2) is 28.9 Å². The van der Waals surface area contributed by atoms with Gasteiger partial charge in [0.1, 0.15) is 5.69 Å². The molecule has 31 heavy (non-hydrogen) atoms. The Morgan fingerprint density at radius 1 is 1.29 bits per heavy atom. The molecular formula is C22H26N4O4S. The quantitative estimate of drug-likeness (QED) is 0.618. The summed E-state index contributed by atoms with van der Waals surface area (Å²) >= 11 is 0. The Balaban J connectivity index is 1.68. The van der Waals surface area contributed by atoms with Gasteiger partial charge in [0.25, 0.3) is 5.91 Å². The number of carbonyl (C=O) groups is 1. The fourth-order valence-corrected chi connectivity index (χ4v) is 6.49. The molecule has 2 atom stereocenters. The number of aromatic nitrogens is 3. The Kier molecular flexibility index (Phi) is 4.88.